The molecular formula is C8H15NO3. The summed E-state index contributed by atoms with van der Waals surface area (Å²) in [6.07, 6.45) is -0.836. The molecule has 0 radical (unpaired) electrons. The van der Waals surface area contributed by atoms with Crippen molar-refractivity contribution in [3.05, 3.63) is 0 Å². The van der Waals surface area contributed by atoms with E-state index < -0.39 is 6.09 Å². The Hall–Kier alpha value is -0.770. The van der Waals surface area contributed by atoms with E-state index in [1.807, 2.05) is 13.8 Å². The van der Waals surface area contributed by atoms with Gasteiger partial charge in [0.2, 0.25) is 0 Å². The zero-order valence-corrected chi connectivity index (χ0v) is 7.49. The molecule has 1 aliphatic rings. The van der Waals surface area contributed by atoms with Gasteiger partial charge < -0.3 is 14.7 Å². The molecule has 0 saturated carbocycles. The summed E-state index contributed by atoms with van der Waals surface area (Å²) < 4.78 is 5.22. The van der Waals surface area contributed by atoms with Crippen molar-refractivity contribution in [3.63, 3.8) is 0 Å². The average Bonchev–Trinajstić information content (AvgIpc) is 2.04. The first-order valence-corrected chi connectivity index (χ1v) is 4.20. The van der Waals surface area contributed by atoms with Crippen molar-refractivity contribution in [2.45, 2.75) is 19.9 Å². The molecule has 1 rings (SSSR count). The van der Waals surface area contributed by atoms with Gasteiger partial charge in [-0.3, -0.25) is 0 Å². The van der Waals surface area contributed by atoms with E-state index >= 15 is 0 Å². The van der Waals surface area contributed by atoms with Gasteiger partial charge in [-0.05, 0) is 5.92 Å². The normalized spacial score (nSPS) is 24.6. The number of hydrogen-bond donors (Lipinski definition) is 1. The molecule has 1 saturated heterocycles. The van der Waals surface area contributed by atoms with E-state index in [-0.39, 0.29) is 6.04 Å². The van der Waals surface area contributed by atoms with Gasteiger partial charge in [-0.25, -0.2) is 4.79 Å². The van der Waals surface area contributed by atoms with Crippen LogP contribution in [0.1, 0.15) is 13.8 Å². The first kappa shape index (κ1) is 9.32. The second-order valence-electron chi connectivity index (χ2n) is 3.36. The first-order chi connectivity index (χ1) is 5.63. The van der Waals surface area contributed by atoms with Crippen LogP contribution in [-0.4, -0.2) is 41.9 Å². The van der Waals surface area contributed by atoms with Crippen LogP contribution in [0.2, 0.25) is 0 Å². The molecule has 1 fully saturated rings. The predicted molar refractivity (Wildman–Crippen MR) is 44.2 cm³/mol. The van der Waals surface area contributed by atoms with Crippen molar-refractivity contribution in [1.29, 1.82) is 0 Å². The molecule has 0 aromatic rings. The second kappa shape index (κ2) is 3.76. The van der Waals surface area contributed by atoms with E-state index in [1.165, 1.54) is 4.90 Å². The molecule has 0 aliphatic carbocycles. The van der Waals surface area contributed by atoms with Gasteiger partial charge in [0, 0.05) is 6.54 Å². The zero-order valence-electron chi connectivity index (χ0n) is 7.49. The fourth-order valence-corrected chi connectivity index (χ4v) is 1.41. The minimum Gasteiger partial charge on any atom is -0.465 e. The van der Waals surface area contributed by atoms with Crippen LogP contribution in [0, 0.1) is 5.92 Å². The number of carbonyl (C=O) groups is 1. The Bertz CT molecular complexity index is 170. The lowest BCUT2D eigenvalue weighted by atomic mass is 10.0. The number of hydrogen-bond acceptors (Lipinski definition) is 2. The molecule has 0 spiro atoms. The van der Waals surface area contributed by atoms with Gasteiger partial charge in [0.05, 0.1) is 19.3 Å². The molecule has 1 unspecified atom stereocenters. The summed E-state index contributed by atoms with van der Waals surface area (Å²) in [5.41, 5.74) is 0. The third kappa shape index (κ3) is 1.88. The summed E-state index contributed by atoms with van der Waals surface area (Å²) in [5, 5.41) is 8.83. The Kier molecular flexibility index (Phi) is 2.92. The van der Waals surface area contributed by atoms with E-state index in [4.69, 9.17) is 9.84 Å². The van der Waals surface area contributed by atoms with Crippen LogP contribution >= 0.6 is 0 Å². The monoisotopic (exact) mass is 173 g/mol. The predicted octanol–water partition coefficient (Wildman–Crippen LogP) is 1.02. The number of nitrogens with zero attached hydrogens (tertiary/aromatic N) is 1. The van der Waals surface area contributed by atoms with E-state index in [0.29, 0.717) is 25.7 Å². The lowest BCUT2D eigenvalue weighted by Gasteiger charge is -2.35. The molecule has 1 N–H and O–H groups in total. The Balaban J connectivity index is 2.60. The quantitative estimate of drug-likeness (QED) is 0.644. The number of carboxylic acid groups (broad SMARTS) is 1. The van der Waals surface area contributed by atoms with E-state index in [0.717, 1.165) is 0 Å². The van der Waals surface area contributed by atoms with Crippen LogP contribution in [0.15, 0.2) is 0 Å². The molecule has 1 amide bonds. The van der Waals surface area contributed by atoms with Gasteiger partial charge in [0.1, 0.15) is 0 Å². The van der Waals surface area contributed by atoms with Crippen LogP contribution in [-0.2, 0) is 4.74 Å². The summed E-state index contributed by atoms with van der Waals surface area (Å²) in [7, 11) is 0. The molecular weight excluding hydrogens is 158 g/mol. The molecule has 12 heavy (non-hydrogen) atoms. The largest absolute Gasteiger partial charge is 0.465 e. The van der Waals surface area contributed by atoms with Crippen molar-refractivity contribution in [2.24, 2.45) is 5.92 Å². The smallest absolute Gasteiger partial charge is 0.407 e. The van der Waals surface area contributed by atoms with Crippen LogP contribution in [0.3, 0.4) is 0 Å². The average molecular weight is 173 g/mol. The van der Waals surface area contributed by atoms with Crippen molar-refractivity contribution in [2.75, 3.05) is 19.8 Å². The van der Waals surface area contributed by atoms with E-state index in [9.17, 15) is 4.79 Å². The van der Waals surface area contributed by atoms with Gasteiger partial charge in [-0.2, -0.15) is 0 Å². The van der Waals surface area contributed by atoms with Crippen LogP contribution in [0.5, 0.6) is 0 Å². The molecule has 4 nitrogen and oxygen atoms in total. The van der Waals surface area contributed by atoms with Gasteiger partial charge in [0.15, 0.2) is 0 Å². The summed E-state index contributed by atoms with van der Waals surface area (Å²) in [5.74, 6) is 0.321. The maximum atomic E-state index is 10.7. The van der Waals surface area contributed by atoms with Crippen LogP contribution in [0.4, 0.5) is 4.79 Å². The second-order valence-corrected chi connectivity index (χ2v) is 3.36. The molecule has 4 heteroatoms. The number of amides is 1. The molecule has 0 aromatic heterocycles. The third-order valence-corrected chi connectivity index (χ3v) is 2.18. The Morgan fingerprint density at radius 3 is 2.75 bits per heavy atom. The van der Waals surface area contributed by atoms with Crippen molar-refractivity contribution in [1.82, 2.24) is 4.90 Å². The molecule has 1 aliphatic heterocycles. The Morgan fingerprint density at radius 1 is 1.67 bits per heavy atom. The fourth-order valence-electron chi connectivity index (χ4n) is 1.41. The highest BCUT2D eigenvalue weighted by molar-refractivity contribution is 5.65. The lowest BCUT2D eigenvalue weighted by molar-refractivity contribution is -0.0152. The molecule has 70 valence electrons. The number of morpholine rings is 1. The van der Waals surface area contributed by atoms with Gasteiger partial charge in [0.25, 0.3) is 0 Å². The van der Waals surface area contributed by atoms with Gasteiger partial charge >= 0.3 is 6.09 Å². The Labute approximate surface area is 72.1 Å². The highest BCUT2D eigenvalue weighted by Gasteiger charge is 2.28. The van der Waals surface area contributed by atoms with Crippen molar-refractivity contribution in [3.8, 4) is 0 Å². The summed E-state index contributed by atoms with van der Waals surface area (Å²) in [6, 6.07) is 0.0243. The lowest BCUT2D eigenvalue weighted by Crippen LogP contribution is -2.50. The molecule has 1 atom stereocenters. The third-order valence-electron chi connectivity index (χ3n) is 2.18. The highest BCUT2D eigenvalue weighted by atomic mass is 16.5. The fraction of sp³-hybridized carbons (Fsp3) is 0.875. The Morgan fingerprint density at radius 2 is 2.33 bits per heavy atom. The van der Waals surface area contributed by atoms with Crippen molar-refractivity contribution < 1.29 is 14.6 Å². The molecule has 1 heterocycles. The van der Waals surface area contributed by atoms with Crippen LogP contribution in [0.25, 0.3) is 0 Å². The molecule has 0 bridgehead atoms. The van der Waals surface area contributed by atoms with Crippen LogP contribution < -0.4 is 0 Å². The van der Waals surface area contributed by atoms with Gasteiger partial charge in [-0.1, -0.05) is 13.8 Å². The van der Waals surface area contributed by atoms with E-state index in [2.05, 4.69) is 0 Å². The topological polar surface area (TPSA) is 49.8 Å². The standard InChI is InChI=1S/C8H15NO3/c1-6(2)7-5-12-4-3-9(7)8(10)11/h6-7H,3-5H2,1-2H3,(H,10,11). The number of rotatable bonds is 1. The SMILES string of the molecule is CC(C)C1COCCN1C(=O)O. The van der Waals surface area contributed by atoms with E-state index in [1.54, 1.807) is 0 Å². The summed E-state index contributed by atoms with van der Waals surface area (Å²) in [6.45, 7) is 5.57. The first-order valence-electron chi connectivity index (χ1n) is 4.20. The highest BCUT2D eigenvalue weighted by Crippen LogP contribution is 2.14. The zero-order chi connectivity index (χ0) is 9.14. The maximum absolute atomic E-state index is 10.7. The molecule has 0 aromatic carbocycles. The van der Waals surface area contributed by atoms with Gasteiger partial charge in [-0.15, -0.1) is 0 Å². The maximum Gasteiger partial charge on any atom is 0.407 e. The number of ether oxygens (including phenoxy) is 1. The van der Waals surface area contributed by atoms with Crippen molar-refractivity contribution >= 4 is 6.09 Å². The summed E-state index contributed by atoms with van der Waals surface area (Å²) >= 11 is 0. The minimum absolute atomic E-state index is 0.0243. The summed E-state index contributed by atoms with van der Waals surface area (Å²) in [4.78, 5) is 12.2. The minimum atomic E-state index is -0.836.